The SMILES string of the molecule is COC[C@]12CC[C@@](C)(O)C[C@@H]1CC[C@H]1[C@@H]3CC[C@H](C(=O)Cn4cc5ccc(OC)cc5n4)[C@@]3(C)CC[C@@H]12. The molecule has 0 unspecified atom stereocenters. The summed E-state index contributed by atoms with van der Waals surface area (Å²) in [6.45, 7) is 5.62. The summed E-state index contributed by atoms with van der Waals surface area (Å²) in [5, 5.41) is 16.6. The van der Waals surface area contributed by atoms with Gasteiger partial charge in [-0.15, -0.1) is 0 Å². The molecule has 6 rings (SSSR count). The molecule has 1 N–H and O–H groups in total. The van der Waals surface area contributed by atoms with Crippen molar-refractivity contribution in [2.75, 3.05) is 20.8 Å². The third kappa shape index (κ3) is 4.05. The molecule has 1 aromatic carbocycles. The van der Waals surface area contributed by atoms with Gasteiger partial charge in [0, 0.05) is 30.7 Å². The van der Waals surface area contributed by atoms with Crippen molar-refractivity contribution in [2.24, 2.45) is 40.4 Å². The van der Waals surface area contributed by atoms with Crippen molar-refractivity contribution in [3.8, 4) is 5.75 Å². The lowest BCUT2D eigenvalue weighted by atomic mass is 9.43. The fourth-order valence-corrected chi connectivity index (χ4v) is 9.84. The van der Waals surface area contributed by atoms with Gasteiger partial charge in [0.1, 0.15) is 5.75 Å². The van der Waals surface area contributed by atoms with E-state index in [2.05, 4.69) is 6.92 Å². The minimum absolute atomic E-state index is 0.0787. The Morgan fingerprint density at radius 3 is 2.70 bits per heavy atom. The van der Waals surface area contributed by atoms with Gasteiger partial charge in [-0.25, -0.2) is 0 Å². The second-order valence-corrected chi connectivity index (χ2v) is 13.4. The van der Waals surface area contributed by atoms with Crippen LogP contribution in [-0.2, 0) is 16.1 Å². The minimum atomic E-state index is -0.536. The molecule has 0 amide bonds. The summed E-state index contributed by atoms with van der Waals surface area (Å²) in [7, 11) is 3.52. The predicted octanol–water partition coefficient (Wildman–Crippen LogP) is 5.65. The van der Waals surface area contributed by atoms with E-state index in [1.165, 1.54) is 19.3 Å². The fourth-order valence-electron chi connectivity index (χ4n) is 9.84. The maximum atomic E-state index is 13.8. The van der Waals surface area contributed by atoms with Gasteiger partial charge in [-0.2, -0.15) is 5.10 Å². The normalized spacial score (nSPS) is 41.2. The van der Waals surface area contributed by atoms with E-state index in [1.54, 1.807) is 7.11 Å². The van der Waals surface area contributed by atoms with Gasteiger partial charge in [0.25, 0.3) is 0 Å². The Bertz CT molecular complexity index is 1170. The van der Waals surface area contributed by atoms with Crippen molar-refractivity contribution in [2.45, 2.75) is 83.8 Å². The Hall–Kier alpha value is -1.92. The Labute approximate surface area is 221 Å². The zero-order valence-corrected chi connectivity index (χ0v) is 23.0. The van der Waals surface area contributed by atoms with Gasteiger partial charge < -0.3 is 14.6 Å². The van der Waals surface area contributed by atoms with Gasteiger partial charge in [-0.1, -0.05) is 6.92 Å². The third-order valence-electron chi connectivity index (χ3n) is 11.5. The Morgan fingerprint density at radius 2 is 1.92 bits per heavy atom. The summed E-state index contributed by atoms with van der Waals surface area (Å²) in [6.07, 6.45) is 11.8. The van der Waals surface area contributed by atoms with Gasteiger partial charge in [0.15, 0.2) is 5.78 Å². The second-order valence-electron chi connectivity index (χ2n) is 13.4. The number of carbonyl (C=O) groups is 1. The number of aliphatic hydroxyl groups is 1. The number of benzene rings is 1. The lowest BCUT2D eigenvalue weighted by Crippen LogP contribution is -2.58. The van der Waals surface area contributed by atoms with E-state index >= 15 is 0 Å². The number of nitrogens with zero attached hydrogens (tertiary/aromatic N) is 2. The molecule has 1 aromatic heterocycles. The van der Waals surface area contributed by atoms with Crippen molar-refractivity contribution >= 4 is 16.7 Å². The Balaban J connectivity index is 1.21. The van der Waals surface area contributed by atoms with Crippen LogP contribution in [0.25, 0.3) is 10.9 Å². The number of carbonyl (C=O) groups excluding carboxylic acids is 1. The number of methoxy groups -OCH3 is 2. The van der Waals surface area contributed by atoms with Gasteiger partial charge in [-0.3, -0.25) is 9.48 Å². The van der Waals surface area contributed by atoms with Gasteiger partial charge in [0.05, 0.1) is 31.4 Å². The van der Waals surface area contributed by atoms with Crippen LogP contribution >= 0.6 is 0 Å². The minimum Gasteiger partial charge on any atom is -0.497 e. The van der Waals surface area contributed by atoms with Gasteiger partial charge in [-0.05, 0) is 111 Å². The van der Waals surface area contributed by atoms with Crippen molar-refractivity contribution < 1.29 is 19.4 Å². The van der Waals surface area contributed by atoms with E-state index in [-0.39, 0.29) is 16.7 Å². The summed E-state index contributed by atoms with van der Waals surface area (Å²) in [5.74, 6) is 3.73. The summed E-state index contributed by atoms with van der Waals surface area (Å²) in [5.41, 5.74) is 0.606. The van der Waals surface area contributed by atoms with Crippen LogP contribution in [-0.4, -0.2) is 47.1 Å². The molecule has 0 saturated heterocycles. The molecule has 202 valence electrons. The highest BCUT2D eigenvalue weighted by Gasteiger charge is 2.63. The molecule has 0 spiro atoms. The van der Waals surface area contributed by atoms with Crippen molar-refractivity contribution in [3.63, 3.8) is 0 Å². The Kier molecular flexibility index (Phi) is 6.23. The average Bonchev–Trinajstić information content (AvgIpc) is 3.43. The van der Waals surface area contributed by atoms with Crippen LogP contribution in [0.2, 0.25) is 0 Å². The van der Waals surface area contributed by atoms with E-state index in [9.17, 15) is 9.90 Å². The largest absolute Gasteiger partial charge is 0.497 e. The number of rotatable bonds is 6. The topological polar surface area (TPSA) is 73.6 Å². The van der Waals surface area contributed by atoms with Crippen LogP contribution in [0.15, 0.2) is 24.4 Å². The molecule has 37 heavy (non-hydrogen) atoms. The van der Waals surface area contributed by atoms with Gasteiger partial charge >= 0.3 is 0 Å². The zero-order chi connectivity index (χ0) is 26.0. The first-order valence-electron chi connectivity index (χ1n) is 14.4. The number of hydrogen-bond donors (Lipinski definition) is 1. The molecular formula is C31H44N2O4. The van der Waals surface area contributed by atoms with E-state index in [0.717, 1.165) is 61.8 Å². The molecular weight excluding hydrogens is 464 g/mol. The molecule has 0 bridgehead atoms. The summed E-state index contributed by atoms with van der Waals surface area (Å²) in [6, 6.07) is 5.88. The fraction of sp³-hybridized carbons (Fsp3) is 0.742. The van der Waals surface area contributed by atoms with E-state index in [0.29, 0.717) is 36.0 Å². The highest BCUT2D eigenvalue weighted by Crippen LogP contribution is 2.68. The van der Waals surface area contributed by atoms with Crippen LogP contribution in [0.4, 0.5) is 0 Å². The molecule has 8 atom stereocenters. The lowest BCUT2D eigenvalue weighted by Gasteiger charge is -2.62. The molecule has 4 saturated carbocycles. The molecule has 4 aliphatic carbocycles. The van der Waals surface area contributed by atoms with Crippen LogP contribution in [0, 0.1) is 40.4 Å². The number of fused-ring (bicyclic) bond motifs is 6. The maximum absolute atomic E-state index is 13.8. The molecule has 4 aliphatic rings. The first-order chi connectivity index (χ1) is 17.7. The number of ether oxygens (including phenoxy) is 2. The molecule has 2 aromatic rings. The first-order valence-corrected chi connectivity index (χ1v) is 14.4. The third-order valence-corrected chi connectivity index (χ3v) is 11.5. The molecule has 4 fully saturated rings. The molecule has 6 heteroatoms. The number of ketones is 1. The predicted molar refractivity (Wildman–Crippen MR) is 143 cm³/mol. The lowest BCUT2D eigenvalue weighted by molar-refractivity contribution is -0.175. The van der Waals surface area contributed by atoms with Crippen molar-refractivity contribution in [3.05, 3.63) is 24.4 Å². The molecule has 6 nitrogen and oxygen atoms in total. The quantitative estimate of drug-likeness (QED) is 0.546. The van der Waals surface area contributed by atoms with E-state index in [4.69, 9.17) is 14.6 Å². The average molecular weight is 509 g/mol. The summed E-state index contributed by atoms with van der Waals surface area (Å²) in [4.78, 5) is 13.8. The number of Topliss-reactive ketones (excluding diaryl/α,β-unsaturated/α-hetero) is 1. The maximum Gasteiger partial charge on any atom is 0.157 e. The summed E-state index contributed by atoms with van der Waals surface area (Å²) >= 11 is 0. The number of aromatic nitrogens is 2. The van der Waals surface area contributed by atoms with Crippen LogP contribution < -0.4 is 4.74 Å². The van der Waals surface area contributed by atoms with E-state index < -0.39 is 5.60 Å². The smallest absolute Gasteiger partial charge is 0.157 e. The highest BCUT2D eigenvalue weighted by atomic mass is 16.5. The monoisotopic (exact) mass is 508 g/mol. The van der Waals surface area contributed by atoms with Crippen LogP contribution in [0.3, 0.4) is 0 Å². The van der Waals surface area contributed by atoms with Crippen LogP contribution in [0.5, 0.6) is 5.75 Å². The molecule has 1 heterocycles. The van der Waals surface area contributed by atoms with Crippen LogP contribution in [0.1, 0.15) is 71.6 Å². The van der Waals surface area contributed by atoms with E-state index in [1.807, 2.05) is 43.1 Å². The first kappa shape index (κ1) is 25.4. The Morgan fingerprint density at radius 1 is 1.08 bits per heavy atom. The zero-order valence-electron chi connectivity index (χ0n) is 23.0. The standard InChI is InChI=1S/C31H44N2O4/c1-29(35)13-14-31(19-36-3)21(16-29)6-8-23-24-9-10-26(30(24,2)12-11-25(23)31)28(34)18-33-17-20-5-7-22(37-4)15-27(20)32-33/h5,7,15,17,21,23-26,35H,6,8-14,16,18-19H2,1-4H3/t21-,23-,24-,25-,26+,29+,30-,31+/m0/s1. The highest BCUT2D eigenvalue weighted by molar-refractivity contribution is 5.84. The number of hydrogen-bond acceptors (Lipinski definition) is 5. The molecule has 0 radical (unpaired) electrons. The second kappa shape index (κ2) is 9.08. The van der Waals surface area contributed by atoms with Crippen molar-refractivity contribution in [1.82, 2.24) is 9.78 Å². The summed E-state index contributed by atoms with van der Waals surface area (Å²) < 4.78 is 13.1. The molecule has 0 aliphatic heterocycles. The van der Waals surface area contributed by atoms with Gasteiger partial charge in [0.2, 0.25) is 0 Å². The van der Waals surface area contributed by atoms with Crippen molar-refractivity contribution in [1.29, 1.82) is 0 Å².